The number of quaternary nitrogens is 1. The smallest absolute Gasteiger partial charge is 0.306 e. The van der Waals surface area contributed by atoms with Crippen LogP contribution in [0.1, 0.15) is 206 Å². The van der Waals surface area contributed by atoms with E-state index in [1.165, 1.54) is 83.5 Å². The molecular weight excluding hydrogens is 846 g/mol. The van der Waals surface area contributed by atoms with Crippen molar-refractivity contribution in [3.63, 3.8) is 0 Å². The van der Waals surface area contributed by atoms with Gasteiger partial charge < -0.3 is 27.9 Å². The van der Waals surface area contributed by atoms with Crippen molar-refractivity contribution in [2.24, 2.45) is 0 Å². The average molecular weight is 944 g/mol. The number of hydrogen-bond acceptors (Lipinski definition) is 8. The third kappa shape index (κ3) is 50.6. The maximum Gasteiger partial charge on any atom is 0.306 e. The molecule has 0 saturated heterocycles. The third-order valence-corrected chi connectivity index (χ3v) is 11.9. The van der Waals surface area contributed by atoms with Gasteiger partial charge in [0.15, 0.2) is 6.10 Å². The van der Waals surface area contributed by atoms with Crippen molar-refractivity contribution in [1.29, 1.82) is 0 Å². The van der Waals surface area contributed by atoms with Gasteiger partial charge in [-0.05, 0) is 70.6 Å². The van der Waals surface area contributed by atoms with Gasteiger partial charge in [-0.15, -0.1) is 0 Å². The summed E-state index contributed by atoms with van der Waals surface area (Å²) in [5.74, 6) is -0.848. The van der Waals surface area contributed by atoms with Gasteiger partial charge in [0.1, 0.15) is 19.8 Å². The molecule has 2 atom stereocenters. The number of allylic oxidation sites excluding steroid dienone is 14. The Kier molecular flexibility index (Phi) is 45.3. The van der Waals surface area contributed by atoms with Gasteiger partial charge in [-0.2, -0.15) is 0 Å². The quantitative estimate of drug-likeness (QED) is 0.0195. The molecule has 0 N–H and O–H groups in total. The minimum Gasteiger partial charge on any atom is -0.756 e. The molecule has 380 valence electrons. The first-order valence-electron chi connectivity index (χ1n) is 26.3. The zero-order valence-corrected chi connectivity index (χ0v) is 43.8. The second-order valence-electron chi connectivity index (χ2n) is 18.5. The van der Waals surface area contributed by atoms with E-state index in [4.69, 9.17) is 18.5 Å². The number of unbranched alkanes of at least 4 members (excludes halogenated alkanes) is 19. The Morgan fingerprint density at radius 1 is 0.485 bits per heavy atom. The minimum absolute atomic E-state index is 0.0361. The van der Waals surface area contributed by atoms with Crippen molar-refractivity contribution >= 4 is 19.8 Å². The fourth-order valence-corrected chi connectivity index (χ4v) is 7.60. The molecule has 0 radical (unpaired) electrons. The number of ether oxygens (including phenoxy) is 2. The molecule has 0 aliphatic rings. The monoisotopic (exact) mass is 944 g/mol. The molecule has 0 aliphatic carbocycles. The Bertz CT molecular complexity index is 1390. The van der Waals surface area contributed by atoms with Crippen LogP contribution in [-0.4, -0.2) is 70.0 Å². The topological polar surface area (TPSA) is 111 Å². The zero-order valence-electron chi connectivity index (χ0n) is 42.9. The molecule has 0 aliphatic heterocycles. The van der Waals surface area contributed by atoms with Crippen LogP contribution in [0, 0.1) is 0 Å². The first-order chi connectivity index (χ1) is 32.0. The standard InChI is InChI=1S/C56H98NO8P/c1-6-8-10-12-14-16-18-20-21-22-23-24-25-26-27-28-29-30-31-32-33-34-35-37-39-41-43-45-47-49-56(59)65-54(53-64-66(60,61)63-51-50-57(3,4)5)52-62-55(58)48-46-44-42-40-38-36-19-17-15-13-11-9-7-2/h8,10,14,16,20-21,23-24,26-27,29-30,32-33,54H,6-7,9,11-13,15,17-19,22,25,28,31,34-53H2,1-5H3/b10-8-,16-14-,21-20-,24-23-,27-26-,30-29-,33-32-. The van der Waals surface area contributed by atoms with Crippen LogP contribution in [0.3, 0.4) is 0 Å². The highest BCUT2D eigenvalue weighted by molar-refractivity contribution is 7.45. The normalized spacial score (nSPS) is 14.1. The average Bonchev–Trinajstić information content (AvgIpc) is 3.27. The Morgan fingerprint density at radius 3 is 1.29 bits per heavy atom. The van der Waals surface area contributed by atoms with E-state index in [2.05, 4.69) is 98.9 Å². The van der Waals surface area contributed by atoms with Crippen molar-refractivity contribution in [2.75, 3.05) is 47.5 Å². The molecule has 2 unspecified atom stereocenters. The van der Waals surface area contributed by atoms with Crippen molar-refractivity contribution in [3.05, 3.63) is 85.1 Å². The van der Waals surface area contributed by atoms with E-state index >= 15 is 0 Å². The molecule has 0 amide bonds. The minimum atomic E-state index is -4.64. The summed E-state index contributed by atoms with van der Waals surface area (Å²) in [5, 5.41) is 0. The van der Waals surface area contributed by atoms with Crippen LogP contribution >= 0.6 is 7.82 Å². The number of likely N-dealkylation sites (N-methyl/N-ethyl adjacent to an activating group) is 1. The summed E-state index contributed by atoms with van der Waals surface area (Å²) in [5.41, 5.74) is 0. The van der Waals surface area contributed by atoms with Crippen LogP contribution in [-0.2, 0) is 32.7 Å². The summed E-state index contributed by atoms with van der Waals surface area (Å²) >= 11 is 0. The highest BCUT2D eigenvalue weighted by Crippen LogP contribution is 2.38. The Labute approximate surface area is 405 Å². The second-order valence-corrected chi connectivity index (χ2v) is 19.9. The number of esters is 2. The molecule has 0 heterocycles. The molecule has 0 rings (SSSR count). The lowest BCUT2D eigenvalue weighted by Gasteiger charge is -2.28. The molecule has 0 aromatic carbocycles. The van der Waals surface area contributed by atoms with Gasteiger partial charge >= 0.3 is 11.9 Å². The van der Waals surface area contributed by atoms with Gasteiger partial charge in [-0.25, -0.2) is 0 Å². The number of hydrogen-bond donors (Lipinski definition) is 0. The summed E-state index contributed by atoms with van der Waals surface area (Å²) < 4.78 is 34.0. The van der Waals surface area contributed by atoms with E-state index in [0.29, 0.717) is 17.4 Å². The largest absolute Gasteiger partial charge is 0.756 e. The van der Waals surface area contributed by atoms with Crippen molar-refractivity contribution in [3.8, 4) is 0 Å². The second kappa shape index (κ2) is 47.3. The molecule has 0 fully saturated rings. The van der Waals surface area contributed by atoms with Gasteiger partial charge in [0.25, 0.3) is 7.82 Å². The van der Waals surface area contributed by atoms with Crippen molar-refractivity contribution in [2.45, 2.75) is 213 Å². The molecule has 9 nitrogen and oxygen atoms in total. The van der Waals surface area contributed by atoms with Gasteiger partial charge in [0, 0.05) is 12.8 Å². The Hall–Kier alpha value is -2.81. The number of nitrogens with zero attached hydrogens (tertiary/aromatic N) is 1. The fraction of sp³-hybridized carbons (Fsp3) is 0.714. The Morgan fingerprint density at radius 2 is 0.864 bits per heavy atom. The number of rotatable bonds is 47. The van der Waals surface area contributed by atoms with Crippen molar-refractivity contribution in [1.82, 2.24) is 0 Å². The molecule has 10 heteroatoms. The third-order valence-electron chi connectivity index (χ3n) is 10.9. The van der Waals surface area contributed by atoms with Crippen LogP contribution in [0.5, 0.6) is 0 Å². The van der Waals surface area contributed by atoms with Gasteiger partial charge in [0.2, 0.25) is 0 Å². The summed E-state index contributed by atoms with van der Waals surface area (Å²) in [6, 6.07) is 0. The summed E-state index contributed by atoms with van der Waals surface area (Å²) in [4.78, 5) is 37.7. The maximum absolute atomic E-state index is 12.7. The SMILES string of the molecule is CC/C=C\C/C=C\C/C=C\C/C=C\C/C=C\C/C=C\C/C=C\CCCCCCCCCC(=O)OC(COC(=O)CCCCCCCCCCCCCCC)COP(=O)([O-])OCC[N+](C)(C)C. The highest BCUT2D eigenvalue weighted by Gasteiger charge is 2.21. The van der Waals surface area contributed by atoms with E-state index in [-0.39, 0.29) is 32.0 Å². The number of carbonyl (C=O) groups is 2. The number of carbonyl (C=O) groups excluding carboxylic acids is 2. The summed E-state index contributed by atoms with van der Waals surface area (Å²) in [7, 11) is 1.15. The predicted molar refractivity (Wildman–Crippen MR) is 277 cm³/mol. The van der Waals surface area contributed by atoms with Crippen molar-refractivity contribution < 1.29 is 42.1 Å². The molecular formula is C56H98NO8P. The van der Waals surface area contributed by atoms with E-state index in [0.717, 1.165) is 89.9 Å². The van der Waals surface area contributed by atoms with E-state index in [1.807, 2.05) is 21.1 Å². The van der Waals surface area contributed by atoms with Crippen LogP contribution in [0.25, 0.3) is 0 Å². The molecule has 0 spiro atoms. The van der Waals surface area contributed by atoms with Crippen LogP contribution < -0.4 is 4.89 Å². The van der Waals surface area contributed by atoms with E-state index in [1.54, 1.807) is 0 Å². The maximum atomic E-state index is 12.7. The molecule has 0 saturated carbocycles. The lowest BCUT2D eigenvalue weighted by molar-refractivity contribution is -0.870. The van der Waals surface area contributed by atoms with Gasteiger partial charge in [0.05, 0.1) is 27.7 Å². The fourth-order valence-electron chi connectivity index (χ4n) is 6.87. The molecule has 0 aromatic heterocycles. The van der Waals surface area contributed by atoms with Crippen LogP contribution in [0.4, 0.5) is 0 Å². The van der Waals surface area contributed by atoms with E-state index < -0.39 is 26.5 Å². The first kappa shape index (κ1) is 63.2. The molecule has 0 aromatic rings. The van der Waals surface area contributed by atoms with Gasteiger partial charge in [-0.1, -0.05) is 208 Å². The lowest BCUT2D eigenvalue weighted by Crippen LogP contribution is -2.37. The van der Waals surface area contributed by atoms with Gasteiger partial charge in [-0.3, -0.25) is 14.2 Å². The number of phosphoric acid groups is 1. The zero-order chi connectivity index (χ0) is 48.5. The summed E-state index contributed by atoms with van der Waals surface area (Å²) in [6.45, 7) is 4.10. The molecule has 66 heavy (non-hydrogen) atoms. The lowest BCUT2D eigenvalue weighted by atomic mass is 10.0. The Balaban J connectivity index is 4.23. The first-order valence-corrected chi connectivity index (χ1v) is 27.8. The van der Waals surface area contributed by atoms with Crippen LogP contribution in [0.15, 0.2) is 85.1 Å². The summed E-state index contributed by atoms with van der Waals surface area (Å²) in [6.07, 6.45) is 61.9. The number of phosphoric ester groups is 1. The van der Waals surface area contributed by atoms with E-state index in [9.17, 15) is 19.0 Å². The highest BCUT2D eigenvalue weighted by atomic mass is 31.2. The predicted octanol–water partition coefficient (Wildman–Crippen LogP) is 15.3. The molecule has 0 bridgehead atoms. The van der Waals surface area contributed by atoms with Crippen LogP contribution in [0.2, 0.25) is 0 Å².